The van der Waals surface area contributed by atoms with Crippen molar-refractivity contribution in [3.05, 3.63) is 36.0 Å². The molecule has 0 aliphatic heterocycles. The number of nitrogens with two attached hydrogens (primary N) is 1. The van der Waals surface area contributed by atoms with E-state index in [9.17, 15) is 34.2 Å². The number of nitrogens with one attached hydrogen (secondary N) is 4. The minimum Gasteiger partial charge on any atom is -0.481 e. The number of aromatic amines is 1. The molecule has 3 amide bonds. The van der Waals surface area contributed by atoms with Crippen molar-refractivity contribution in [2.45, 2.75) is 50.4 Å². The molecule has 0 fully saturated rings. The van der Waals surface area contributed by atoms with Crippen LogP contribution in [0.3, 0.4) is 0 Å². The molecule has 2 aromatic rings. The van der Waals surface area contributed by atoms with Gasteiger partial charge in [0, 0.05) is 23.5 Å². The summed E-state index contributed by atoms with van der Waals surface area (Å²) in [5, 5.41) is 26.9. The van der Waals surface area contributed by atoms with E-state index in [4.69, 9.17) is 5.73 Å². The molecular formula is C23H31N5O7S. The summed E-state index contributed by atoms with van der Waals surface area (Å²) in [4.78, 5) is 64.1. The maximum atomic E-state index is 12.9. The second-order valence-corrected chi connectivity index (χ2v) is 9.24. The molecule has 0 bridgehead atoms. The van der Waals surface area contributed by atoms with Gasteiger partial charge in [-0.15, -0.1) is 0 Å². The van der Waals surface area contributed by atoms with Gasteiger partial charge >= 0.3 is 11.9 Å². The number of carbonyl (C=O) groups excluding carboxylic acids is 3. The number of rotatable bonds is 14. The predicted molar refractivity (Wildman–Crippen MR) is 134 cm³/mol. The fraction of sp³-hybridized carbons (Fsp3) is 0.435. The number of fused-ring (bicyclic) bond motifs is 1. The molecule has 8 N–H and O–H groups in total. The number of carboxylic acids is 2. The Morgan fingerprint density at radius 1 is 0.972 bits per heavy atom. The van der Waals surface area contributed by atoms with Crippen LogP contribution in [0.4, 0.5) is 0 Å². The van der Waals surface area contributed by atoms with Crippen molar-refractivity contribution in [2.24, 2.45) is 5.73 Å². The number of para-hydroxylation sites is 1. The summed E-state index contributed by atoms with van der Waals surface area (Å²) in [5.41, 5.74) is 6.99. The summed E-state index contributed by atoms with van der Waals surface area (Å²) in [6, 6.07) is 2.36. The lowest BCUT2D eigenvalue weighted by molar-refractivity contribution is -0.143. The second-order valence-electron chi connectivity index (χ2n) is 8.25. The van der Waals surface area contributed by atoms with E-state index in [0.29, 0.717) is 11.3 Å². The van der Waals surface area contributed by atoms with E-state index in [1.165, 1.54) is 18.7 Å². The van der Waals surface area contributed by atoms with Gasteiger partial charge in [0.1, 0.15) is 18.1 Å². The van der Waals surface area contributed by atoms with Crippen molar-refractivity contribution in [1.82, 2.24) is 20.9 Å². The number of carbonyl (C=O) groups is 5. The molecule has 196 valence electrons. The number of amides is 3. The largest absolute Gasteiger partial charge is 0.481 e. The summed E-state index contributed by atoms with van der Waals surface area (Å²) in [5.74, 6) is -4.53. The van der Waals surface area contributed by atoms with Gasteiger partial charge in [0.05, 0.1) is 12.5 Å². The molecule has 4 atom stereocenters. The van der Waals surface area contributed by atoms with Gasteiger partial charge in [-0.1, -0.05) is 18.2 Å². The van der Waals surface area contributed by atoms with Crippen molar-refractivity contribution < 1.29 is 34.2 Å². The topological polar surface area (TPSA) is 204 Å². The number of aromatic nitrogens is 1. The van der Waals surface area contributed by atoms with Crippen LogP contribution in [-0.4, -0.2) is 81.0 Å². The Morgan fingerprint density at radius 2 is 1.58 bits per heavy atom. The molecule has 1 aromatic carbocycles. The van der Waals surface area contributed by atoms with Crippen molar-refractivity contribution >= 4 is 52.3 Å². The van der Waals surface area contributed by atoms with Crippen molar-refractivity contribution in [3.8, 4) is 0 Å². The zero-order chi connectivity index (χ0) is 26.8. The highest BCUT2D eigenvalue weighted by Gasteiger charge is 2.31. The van der Waals surface area contributed by atoms with E-state index in [0.717, 1.165) is 10.9 Å². The molecule has 36 heavy (non-hydrogen) atoms. The van der Waals surface area contributed by atoms with Gasteiger partial charge in [0.15, 0.2) is 0 Å². The third kappa shape index (κ3) is 8.27. The smallest absolute Gasteiger partial charge is 0.326 e. The minimum atomic E-state index is -1.57. The molecule has 0 saturated heterocycles. The zero-order valence-corrected chi connectivity index (χ0v) is 20.8. The number of thioether (sulfide) groups is 1. The number of hydrogen-bond donors (Lipinski definition) is 7. The highest BCUT2D eigenvalue weighted by Crippen LogP contribution is 2.19. The Balaban J connectivity index is 2.17. The fourth-order valence-corrected chi connectivity index (χ4v) is 3.93. The molecule has 1 heterocycles. The van der Waals surface area contributed by atoms with Gasteiger partial charge in [-0.2, -0.15) is 11.8 Å². The van der Waals surface area contributed by atoms with E-state index < -0.39 is 60.2 Å². The minimum absolute atomic E-state index is 0.0698. The normalized spacial score (nSPS) is 14.3. The number of H-pyrrole nitrogens is 1. The van der Waals surface area contributed by atoms with Crippen LogP contribution in [0.25, 0.3) is 10.9 Å². The van der Waals surface area contributed by atoms with E-state index >= 15 is 0 Å². The van der Waals surface area contributed by atoms with E-state index in [1.54, 1.807) is 18.3 Å². The van der Waals surface area contributed by atoms with Gasteiger partial charge in [0.2, 0.25) is 17.7 Å². The molecule has 2 rings (SSSR count). The molecule has 0 saturated carbocycles. The lowest BCUT2D eigenvalue weighted by Crippen LogP contribution is -2.57. The molecular weight excluding hydrogens is 490 g/mol. The highest BCUT2D eigenvalue weighted by atomic mass is 32.2. The predicted octanol–water partition coefficient (Wildman–Crippen LogP) is -0.176. The van der Waals surface area contributed by atoms with Crippen molar-refractivity contribution in [2.75, 3.05) is 12.0 Å². The summed E-state index contributed by atoms with van der Waals surface area (Å²) in [7, 11) is 0. The molecule has 12 nitrogen and oxygen atoms in total. The second kappa shape index (κ2) is 13.5. The molecule has 0 spiro atoms. The molecule has 0 aliphatic carbocycles. The Labute approximate surface area is 211 Å². The van der Waals surface area contributed by atoms with E-state index in [-0.39, 0.29) is 12.8 Å². The van der Waals surface area contributed by atoms with E-state index in [2.05, 4.69) is 20.9 Å². The molecule has 1 aromatic heterocycles. The SMILES string of the molecule is CSCCC(NC(=O)C(C)N)C(=O)NC(CC(=O)O)C(=O)N[C@@H](Cc1c[nH]c2ccccc12)C(=O)O. The third-order valence-corrected chi connectivity index (χ3v) is 6.03. The molecule has 0 aliphatic rings. The van der Waals surface area contributed by atoms with Gasteiger partial charge in [-0.3, -0.25) is 19.2 Å². The zero-order valence-electron chi connectivity index (χ0n) is 19.9. The third-order valence-electron chi connectivity index (χ3n) is 5.38. The van der Waals surface area contributed by atoms with Crippen LogP contribution < -0.4 is 21.7 Å². The Kier molecular flexibility index (Phi) is 10.7. The van der Waals surface area contributed by atoms with Crippen LogP contribution in [0.5, 0.6) is 0 Å². The average Bonchev–Trinajstić information content (AvgIpc) is 3.22. The lowest BCUT2D eigenvalue weighted by Gasteiger charge is -2.24. The van der Waals surface area contributed by atoms with Crippen molar-refractivity contribution in [3.63, 3.8) is 0 Å². The number of carboxylic acid groups (broad SMARTS) is 2. The van der Waals surface area contributed by atoms with Crippen LogP contribution >= 0.6 is 11.8 Å². The highest BCUT2D eigenvalue weighted by molar-refractivity contribution is 7.98. The fourth-order valence-electron chi connectivity index (χ4n) is 3.46. The maximum absolute atomic E-state index is 12.9. The number of hydrogen-bond acceptors (Lipinski definition) is 7. The van der Waals surface area contributed by atoms with Crippen LogP contribution in [0.1, 0.15) is 25.3 Å². The number of aliphatic carboxylic acids is 2. The molecule has 3 unspecified atom stereocenters. The van der Waals surface area contributed by atoms with Crippen molar-refractivity contribution in [1.29, 1.82) is 0 Å². The Morgan fingerprint density at radius 3 is 2.19 bits per heavy atom. The lowest BCUT2D eigenvalue weighted by atomic mass is 10.0. The summed E-state index contributed by atoms with van der Waals surface area (Å²) < 4.78 is 0. The van der Waals surface area contributed by atoms with Gasteiger partial charge in [0.25, 0.3) is 0 Å². The standard InChI is InChI=1S/C23H31N5O7S/c1-12(24)20(31)26-16(7-8-36-2)21(32)27-17(10-19(29)30)22(33)28-18(23(34)35)9-13-11-25-15-6-4-3-5-14(13)15/h3-6,11-12,16-18,25H,7-10,24H2,1-2H3,(H,26,31)(H,27,32)(H,28,33)(H,29,30)(H,34,35)/t12?,16?,17?,18-/m0/s1. The Bertz CT molecular complexity index is 1100. The van der Waals surface area contributed by atoms with Gasteiger partial charge in [-0.25, -0.2) is 4.79 Å². The molecule has 13 heteroatoms. The van der Waals surface area contributed by atoms with E-state index in [1.807, 2.05) is 18.4 Å². The molecule has 0 radical (unpaired) electrons. The van der Waals surface area contributed by atoms with Gasteiger partial charge in [-0.05, 0) is 37.0 Å². The summed E-state index contributed by atoms with van der Waals surface area (Å²) in [6.07, 6.45) is 2.81. The quantitative estimate of drug-likeness (QED) is 0.176. The monoisotopic (exact) mass is 521 g/mol. The average molecular weight is 522 g/mol. The first-order valence-electron chi connectivity index (χ1n) is 11.2. The Hall–Kier alpha value is -3.58. The van der Waals surface area contributed by atoms with Crippen LogP contribution in [-0.2, 0) is 30.4 Å². The summed E-state index contributed by atoms with van der Waals surface area (Å²) >= 11 is 1.43. The first-order chi connectivity index (χ1) is 17.0. The maximum Gasteiger partial charge on any atom is 0.326 e. The first kappa shape index (κ1) is 28.7. The van der Waals surface area contributed by atoms with Gasteiger partial charge < -0.3 is 36.9 Å². The summed E-state index contributed by atoms with van der Waals surface area (Å²) in [6.45, 7) is 1.44. The van der Waals surface area contributed by atoms with Crippen LogP contribution in [0, 0.1) is 0 Å². The van der Waals surface area contributed by atoms with Crippen LogP contribution in [0.2, 0.25) is 0 Å². The first-order valence-corrected chi connectivity index (χ1v) is 12.6. The van der Waals surface area contributed by atoms with Crippen LogP contribution in [0.15, 0.2) is 30.5 Å². The number of benzene rings is 1.